The third-order valence-corrected chi connectivity index (χ3v) is 8.04. The summed E-state index contributed by atoms with van der Waals surface area (Å²) in [6, 6.07) is 33.6. The molecule has 4 aromatic rings. The van der Waals surface area contributed by atoms with Crippen molar-refractivity contribution in [3.8, 4) is 11.1 Å². The van der Waals surface area contributed by atoms with Gasteiger partial charge in [0.2, 0.25) is 0 Å². The molecule has 43 heavy (non-hydrogen) atoms. The number of benzene rings is 4. The first-order chi connectivity index (χ1) is 21.0. The van der Waals surface area contributed by atoms with E-state index in [1.54, 1.807) is 0 Å². The molecule has 0 radical (unpaired) electrons. The summed E-state index contributed by atoms with van der Waals surface area (Å²) >= 11 is 0. The van der Waals surface area contributed by atoms with Crippen molar-refractivity contribution in [3.05, 3.63) is 144 Å². The van der Waals surface area contributed by atoms with Crippen LogP contribution < -0.4 is 5.32 Å². The highest BCUT2D eigenvalue weighted by Crippen LogP contribution is 2.42. The number of hydrogen-bond donors (Lipinski definition) is 2. The second kappa shape index (κ2) is 14.4. The lowest BCUT2D eigenvalue weighted by Gasteiger charge is -2.42. The number of nitrogens with zero attached hydrogens (tertiary/aromatic N) is 1. The van der Waals surface area contributed by atoms with E-state index in [0.29, 0.717) is 12.1 Å². The van der Waals surface area contributed by atoms with E-state index in [9.17, 15) is 9.90 Å². The van der Waals surface area contributed by atoms with Gasteiger partial charge in [0.05, 0.1) is 18.8 Å². The number of amides is 1. The molecule has 1 amide bonds. The first-order valence-corrected chi connectivity index (χ1v) is 14.8. The predicted molar refractivity (Wildman–Crippen MR) is 170 cm³/mol. The van der Waals surface area contributed by atoms with Gasteiger partial charge in [0, 0.05) is 36.7 Å². The predicted octanol–water partition coefficient (Wildman–Crippen LogP) is 6.69. The summed E-state index contributed by atoms with van der Waals surface area (Å²) in [6.45, 7) is 8.01. The molecule has 1 saturated heterocycles. The molecule has 1 fully saturated rings. The second-order valence-corrected chi connectivity index (χ2v) is 11.2. The highest BCUT2D eigenvalue weighted by Gasteiger charge is 2.38. The Morgan fingerprint density at radius 1 is 0.907 bits per heavy atom. The Labute approximate surface area is 254 Å². The number of rotatable bonds is 11. The molecule has 0 bridgehead atoms. The monoisotopic (exact) mass is 576 g/mol. The summed E-state index contributed by atoms with van der Waals surface area (Å²) in [7, 11) is 2.07. The lowest BCUT2D eigenvalue weighted by molar-refractivity contribution is -0.275. The first kappa shape index (κ1) is 30.4. The minimum atomic E-state index is -0.532. The van der Waals surface area contributed by atoms with E-state index in [2.05, 4.69) is 61.1 Å². The van der Waals surface area contributed by atoms with Gasteiger partial charge in [0.15, 0.2) is 6.29 Å². The van der Waals surface area contributed by atoms with Gasteiger partial charge in [0.1, 0.15) is 0 Å². The van der Waals surface area contributed by atoms with Gasteiger partial charge < -0.3 is 24.8 Å². The van der Waals surface area contributed by atoms with Gasteiger partial charge in [-0.3, -0.25) is 4.79 Å². The Bertz CT molecular complexity index is 1490. The largest absolute Gasteiger partial charge is 0.392 e. The lowest BCUT2D eigenvalue weighted by Crippen LogP contribution is -2.43. The van der Waals surface area contributed by atoms with Crippen molar-refractivity contribution in [2.75, 3.05) is 20.1 Å². The van der Waals surface area contributed by atoms with Gasteiger partial charge in [-0.05, 0) is 47.0 Å². The van der Waals surface area contributed by atoms with Crippen LogP contribution in [-0.2, 0) is 22.6 Å². The highest BCUT2D eigenvalue weighted by molar-refractivity contribution is 5.94. The zero-order valence-corrected chi connectivity index (χ0v) is 24.9. The van der Waals surface area contributed by atoms with E-state index in [4.69, 9.17) is 9.47 Å². The number of ether oxygens (including phenoxy) is 2. The number of aliphatic hydroxyl groups excluding tert-OH is 1. The maximum atomic E-state index is 12.6. The number of carbonyl (C=O) groups is 1. The van der Waals surface area contributed by atoms with E-state index in [1.165, 1.54) is 0 Å². The molecular formula is C37H40N2O4. The smallest absolute Gasteiger partial charge is 0.251 e. The zero-order valence-electron chi connectivity index (χ0n) is 24.9. The molecule has 0 saturated carbocycles. The van der Waals surface area contributed by atoms with E-state index in [0.717, 1.165) is 46.5 Å². The molecule has 6 heteroatoms. The van der Waals surface area contributed by atoms with Crippen molar-refractivity contribution in [1.82, 2.24) is 10.2 Å². The van der Waals surface area contributed by atoms with E-state index in [-0.39, 0.29) is 30.6 Å². The quantitative estimate of drug-likeness (QED) is 0.195. The van der Waals surface area contributed by atoms with Crippen LogP contribution in [0.5, 0.6) is 0 Å². The molecule has 2 N–H and O–H groups in total. The fourth-order valence-electron chi connectivity index (χ4n) is 5.57. The molecule has 4 unspecified atom stereocenters. The normalized spacial score (nSPS) is 20.1. The summed E-state index contributed by atoms with van der Waals surface area (Å²) in [5.74, 6) is 0.0150. The number of aliphatic hydroxyl groups is 1. The third-order valence-electron chi connectivity index (χ3n) is 8.04. The standard InChI is InChI=1S/C37H40N2O4/c1-4-22-39(3)24-34-26(2)35(29-16-14-27(25-40)15-17-29)43-37(42-34)31-20-18-28(19-21-31)33-13-9-8-12-32(33)23-38-36(41)30-10-6-5-7-11-30/h4-21,26,34-35,37,40H,1,22-25H2,2-3H3,(H,38,41). The molecule has 4 aromatic carbocycles. The maximum absolute atomic E-state index is 12.6. The van der Waals surface area contributed by atoms with Gasteiger partial charge >= 0.3 is 0 Å². The molecule has 1 heterocycles. The average Bonchev–Trinajstić information content (AvgIpc) is 3.05. The summed E-state index contributed by atoms with van der Waals surface area (Å²) in [4.78, 5) is 14.8. The summed E-state index contributed by atoms with van der Waals surface area (Å²) in [5.41, 5.74) is 6.68. The minimum absolute atomic E-state index is 0.0109. The number of hydrogen-bond acceptors (Lipinski definition) is 5. The van der Waals surface area contributed by atoms with E-state index < -0.39 is 6.29 Å². The van der Waals surface area contributed by atoms with Crippen LogP contribution in [-0.4, -0.2) is 42.2 Å². The van der Waals surface area contributed by atoms with E-state index >= 15 is 0 Å². The van der Waals surface area contributed by atoms with Crippen molar-refractivity contribution in [3.63, 3.8) is 0 Å². The number of carbonyl (C=O) groups excluding carboxylic acids is 1. The van der Waals surface area contributed by atoms with Crippen LogP contribution >= 0.6 is 0 Å². The first-order valence-electron chi connectivity index (χ1n) is 14.8. The van der Waals surface area contributed by atoms with Crippen LogP contribution in [0.25, 0.3) is 11.1 Å². The van der Waals surface area contributed by atoms with Crippen LogP contribution in [0.15, 0.2) is 116 Å². The van der Waals surface area contributed by atoms with Crippen LogP contribution in [0, 0.1) is 5.92 Å². The van der Waals surface area contributed by atoms with Crippen LogP contribution in [0.4, 0.5) is 0 Å². The number of likely N-dealkylation sites (N-methyl/N-ethyl adjacent to an activating group) is 1. The van der Waals surface area contributed by atoms with Crippen LogP contribution in [0.3, 0.4) is 0 Å². The molecule has 0 aromatic heterocycles. The van der Waals surface area contributed by atoms with Gasteiger partial charge in [-0.2, -0.15) is 0 Å². The summed E-state index contributed by atoms with van der Waals surface area (Å²) in [6.07, 6.45) is 1.15. The molecule has 5 rings (SSSR count). The molecular weight excluding hydrogens is 536 g/mol. The highest BCUT2D eigenvalue weighted by atomic mass is 16.7. The van der Waals surface area contributed by atoms with Gasteiger partial charge in [-0.15, -0.1) is 6.58 Å². The molecule has 1 aliphatic rings. The van der Waals surface area contributed by atoms with Gasteiger partial charge in [-0.25, -0.2) is 0 Å². The minimum Gasteiger partial charge on any atom is -0.392 e. The second-order valence-electron chi connectivity index (χ2n) is 11.2. The molecule has 1 aliphatic heterocycles. The molecule has 0 aliphatic carbocycles. The Hall–Kier alpha value is -4.07. The lowest BCUT2D eigenvalue weighted by atomic mass is 9.90. The molecule has 6 nitrogen and oxygen atoms in total. The van der Waals surface area contributed by atoms with Gasteiger partial charge in [0.25, 0.3) is 5.91 Å². The van der Waals surface area contributed by atoms with Crippen molar-refractivity contribution in [2.45, 2.75) is 38.6 Å². The molecule has 4 atom stereocenters. The Morgan fingerprint density at radius 3 is 2.28 bits per heavy atom. The maximum Gasteiger partial charge on any atom is 0.251 e. The van der Waals surface area contributed by atoms with Crippen molar-refractivity contribution < 1.29 is 19.4 Å². The van der Waals surface area contributed by atoms with Crippen molar-refractivity contribution in [2.24, 2.45) is 5.92 Å². The molecule has 0 spiro atoms. The average molecular weight is 577 g/mol. The third kappa shape index (κ3) is 7.48. The number of nitrogens with one attached hydrogen (secondary N) is 1. The molecule has 222 valence electrons. The van der Waals surface area contributed by atoms with Crippen LogP contribution in [0.2, 0.25) is 0 Å². The van der Waals surface area contributed by atoms with Gasteiger partial charge in [-0.1, -0.05) is 104 Å². The van der Waals surface area contributed by atoms with Crippen molar-refractivity contribution >= 4 is 5.91 Å². The zero-order chi connectivity index (χ0) is 30.2. The summed E-state index contributed by atoms with van der Waals surface area (Å²) in [5, 5.41) is 12.6. The summed E-state index contributed by atoms with van der Waals surface area (Å²) < 4.78 is 13.2. The van der Waals surface area contributed by atoms with Crippen molar-refractivity contribution in [1.29, 1.82) is 0 Å². The topological polar surface area (TPSA) is 71.0 Å². The Kier molecular flexibility index (Phi) is 10.2. The fourth-order valence-corrected chi connectivity index (χ4v) is 5.57. The Balaban J connectivity index is 1.35. The van der Waals surface area contributed by atoms with Crippen LogP contribution in [0.1, 0.15) is 51.9 Å². The SMILES string of the molecule is C=CCN(C)CC1OC(c2ccc(-c3ccccc3CNC(=O)c3ccccc3)cc2)OC(c2ccc(CO)cc2)C1C. The Morgan fingerprint density at radius 2 is 1.58 bits per heavy atom. The fraction of sp³-hybridized carbons (Fsp3) is 0.270. The van der Waals surface area contributed by atoms with E-state index in [1.807, 2.05) is 78.9 Å².